The van der Waals surface area contributed by atoms with Crippen LogP contribution < -0.4 is 5.32 Å². The molecular formula is C12H17BrFNO. The first-order chi connectivity index (χ1) is 7.69. The molecule has 1 N–H and O–H groups in total. The SMILES string of the molecule is CCCOCC(NC)c1cc(F)ccc1Br. The maximum Gasteiger partial charge on any atom is 0.123 e. The van der Waals surface area contributed by atoms with E-state index in [1.165, 1.54) is 12.1 Å². The minimum absolute atomic E-state index is 0.0108. The number of likely N-dealkylation sites (N-methyl/N-ethyl adjacent to an activating group) is 1. The summed E-state index contributed by atoms with van der Waals surface area (Å²) in [6.45, 7) is 3.34. The quantitative estimate of drug-likeness (QED) is 0.812. The Labute approximate surface area is 104 Å². The molecule has 2 nitrogen and oxygen atoms in total. The van der Waals surface area contributed by atoms with Crippen LogP contribution in [0.5, 0.6) is 0 Å². The Morgan fingerprint density at radius 2 is 2.25 bits per heavy atom. The molecule has 4 heteroatoms. The van der Waals surface area contributed by atoms with Gasteiger partial charge in [0.1, 0.15) is 5.82 Å². The Balaban J connectivity index is 2.73. The number of rotatable bonds is 6. The second kappa shape index (κ2) is 6.99. The second-order valence-corrected chi connectivity index (χ2v) is 4.44. The molecule has 1 rings (SSSR count). The fourth-order valence-corrected chi connectivity index (χ4v) is 1.98. The lowest BCUT2D eigenvalue weighted by Crippen LogP contribution is -2.22. The minimum Gasteiger partial charge on any atom is -0.379 e. The Morgan fingerprint density at radius 3 is 2.88 bits per heavy atom. The van der Waals surface area contributed by atoms with Gasteiger partial charge in [-0.2, -0.15) is 0 Å². The lowest BCUT2D eigenvalue weighted by atomic mass is 10.1. The van der Waals surface area contributed by atoms with Crippen LogP contribution in [-0.4, -0.2) is 20.3 Å². The zero-order valence-corrected chi connectivity index (χ0v) is 11.2. The summed E-state index contributed by atoms with van der Waals surface area (Å²) in [7, 11) is 1.84. The van der Waals surface area contributed by atoms with Crippen molar-refractivity contribution in [2.45, 2.75) is 19.4 Å². The van der Waals surface area contributed by atoms with E-state index in [9.17, 15) is 4.39 Å². The molecule has 0 fully saturated rings. The zero-order valence-electron chi connectivity index (χ0n) is 9.59. The molecule has 0 aliphatic rings. The summed E-state index contributed by atoms with van der Waals surface area (Å²) in [4.78, 5) is 0. The normalized spacial score (nSPS) is 12.8. The predicted molar refractivity (Wildman–Crippen MR) is 67.0 cm³/mol. The van der Waals surface area contributed by atoms with Crippen molar-refractivity contribution >= 4 is 15.9 Å². The molecule has 1 aromatic carbocycles. The van der Waals surface area contributed by atoms with E-state index in [1.807, 2.05) is 7.05 Å². The molecule has 0 aromatic heterocycles. The zero-order chi connectivity index (χ0) is 12.0. The van der Waals surface area contributed by atoms with Crippen LogP contribution in [0.15, 0.2) is 22.7 Å². The summed E-state index contributed by atoms with van der Waals surface area (Å²) in [5.41, 5.74) is 0.888. The first-order valence-electron chi connectivity index (χ1n) is 5.39. The third-order valence-corrected chi connectivity index (χ3v) is 3.04. The number of nitrogens with one attached hydrogen (secondary N) is 1. The van der Waals surface area contributed by atoms with Gasteiger partial charge in [-0.05, 0) is 37.2 Å². The van der Waals surface area contributed by atoms with Crippen LogP contribution in [0.3, 0.4) is 0 Å². The standard InChI is InChI=1S/C12H17BrFNO/c1-3-6-16-8-12(15-2)10-7-9(14)4-5-11(10)13/h4-5,7,12,15H,3,6,8H2,1-2H3. The van der Waals surface area contributed by atoms with Crippen molar-refractivity contribution < 1.29 is 9.13 Å². The van der Waals surface area contributed by atoms with Gasteiger partial charge in [-0.15, -0.1) is 0 Å². The molecule has 0 aliphatic carbocycles. The average molecular weight is 290 g/mol. The van der Waals surface area contributed by atoms with Gasteiger partial charge in [0, 0.05) is 11.1 Å². The molecule has 90 valence electrons. The fraction of sp³-hybridized carbons (Fsp3) is 0.500. The third kappa shape index (κ3) is 3.85. The first-order valence-corrected chi connectivity index (χ1v) is 6.18. The molecule has 1 aromatic rings. The number of hydrogen-bond acceptors (Lipinski definition) is 2. The summed E-state index contributed by atoms with van der Waals surface area (Å²) in [6, 6.07) is 4.69. The van der Waals surface area contributed by atoms with Crippen LogP contribution in [0.2, 0.25) is 0 Å². The summed E-state index contributed by atoms with van der Waals surface area (Å²) in [6.07, 6.45) is 0.987. The number of ether oxygens (including phenoxy) is 1. The molecule has 0 aliphatic heterocycles. The molecule has 0 saturated heterocycles. The van der Waals surface area contributed by atoms with E-state index in [4.69, 9.17) is 4.74 Å². The van der Waals surface area contributed by atoms with E-state index in [0.717, 1.165) is 23.1 Å². The lowest BCUT2D eigenvalue weighted by Gasteiger charge is -2.18. The lowest BCUT2D eigenvalue weighted by molar-refractivity contribution is 0.114. The van der Waals surface area contributed by atoms with E-state index in [-0.39, 0.29) is 11.9 Å². The van der Waals surface area contributed by atoms with Gasteiger partial charge in [0.2, 0.25) is 0 Å². The third-order valence-electron chi connectivity index (χ3n) is 2.31. The van der Waals surface area contributed by atoms with Gasteiger partial charge in [-0.3, -0.25) is 0 Å². The molecule has 16 heavy (non-hydrogen) atoms. The van der Waals surface area contributed by atoms with Crippen LogP contribution in [0, 0.1) is 5.82 Å². The molecule has 1 unspecified atom stereocenters. The highest BCUT2D eigenvalue weighted by Gasteiger charge is 2.13. The molecule has 1 atom stereocenters. The summed E-state index contributed by atoms with van der Waals surface area (Å²) in [5.74, 6) is -0.228. The minimum atomic E-state index is -0.228. The Hall–Kier alpha value is -0.450. The van der Waals surface area contributed by atoms with Gasteiger partial charge < -0.3 is 10.1 Å². The molecule has 0 heterocycles. The maximum atomic E-state index is 13.1. The largest absolute Gasteiger partial charge is 0.379 e. The monoisotopic (exact) mass is 289 g/mol. The Kier molecular flexibility index (Phi) is 5.95. The van der Waals surface area contributed by atoms with Crippen molar-refractivity contribution in [2.24, 2.45) is 0 Å². The van der Waals surface area contributed by atoms with Crippen LogP contribution in [0.4, 0.5) is 4.39 Å². The summed E-state index contributed by atoms with van der Waals surface area (Å²) in [5, 5.41) is 3.12. The van der Waals surface area contributed by atoms with Crippen molar-refractivity contribution in [3.05, 3.63) is 34.1 Å². The first kappa shape index (κ1) is 13.6. The molecule has 0 spiro atoms. The molecule has 0 amide bonds. The second-order valence-electron chi connectivity index (χ2n) is 3.58. The highest BCUT2D eigenvalue weighted by molar-refractivity contribution is 9.10. The fourth-order valence-electron chi connectivity index (χ4n) is 1.46. The van der Waals surface area contributed by atoms with Gasteiger partial charge in [-0.1, -0.05) is 22.9 Å². The summed E-state index contributed by atoms with van der Waals surface area (Å²) >= 11 is 3.42. The van der Waals surface area contributed by atoms with Gasteiger partial charge in [0.25, 0.3) is 0 Å². The van der Waals surface area contributed by atoms with Gasteiger partial charge in [-0.25, -0.2) is 4.39 Å². The average Bonchev–Trinajstić information content (AvgIpc) is 2.28. The van der Waals surface area contributed by atoms with Crippen molar-refractivity contribution in [3.8, 4) is 0 Å². The molecule has 0 radical (unpaired) electrons. The van der Waals surface area contributed by atoms with Crippen LogP contribution >= 0.6 is 15.9 Å². The summed E-state index contributed by atoms with van der Waals surface area (Å²) < 4.78 is 19.5. The van der Waals surface area contributed by atoms with Gasteiger partial charge in [0.05, 0.1) is 12.6 Å². The van der Waals surface area contributed by atoms with E-state index in [2.05, 4.69) is 28.2 Å². The van der Waals surface area contributed by atoms with E-state index in [0.29, 0.717) is 6.61 Å². The van der Waals surface area contributed by atoms with Crippen molar-refractivity contribution in [1.29, 1.82) is 0 Å². The maximum absolute atomic E-state index is 13.1. The number of halogens is 2. The van der Waals surface area contributed by atoms with Crippen molar-refractivity contribution in [1.82, 2.24) is 5.32 Å². The predicted octanol–water partition coefficient (Wildman–Crippen LogP) is 3.28. The van der Waals surface area contributed by atoms with Crippen molar-refractivity contribution in [2.75, 3.05) is 20.3 Å². The molecule has 0 bridgehead atoms. The number of hydrogen-bond donors (Lipinski definition) is 1. The molecular weight excluding hydrogens is 273 g/mol. The van der Waals surface area contributed by atoms with E-state index >= 15 is 0 Å². The number of benzene rings is 1. The Morgan fingerprint density at radius 1 is 1.50 bits per heavy atom. The van der Waals surface area contributed by atoms with Gasteiger partial charge >= 0.3 is 0 Å². The Bertz CT molecular complexity index is 333. The van der Waals surface area contributed by atoms with Crippen molar-refractivity contribution in [3.63, 3.8) is 0 Å². The smallest absolute Gasteiger partial charge is 0.123 e. The van der Waals surface area contributed by atoms with Crippen LogP contribution in [0.1, 0.15) is 24.9 Å². The van der Waals surface area contributed by atoms with E-state index in [1.54, 1.807) is 6.07 Å². The highest BCUT2D eigenvalue weighted by Crippen LogP contribution is 2.24. The van der Waals surface area contributed by atoms with Crippen LogP contribution in [0.25, 0.3) is 0 Å². The molecule has 0 saturated carbocycles. The van der Waals surface area contributed by atoms with E-state index < -0.39 is 0 Å². The van der Waals surface area contributed by atoms with Gasteiger partial charge in [0.15, 0.2) is 0 Å². The van der Waals surface area contributed by atoms with Crippen LogP contribution in [-0.2, 0) is 4.74 Å². The topological polar surface area (TPSA) is 21.3 Å². The highest BCUT2D eigenvalue weighted by atomic mass is 79.9.